The van der Waals surface area contributed by atoms with Gasteiger partial charge in [-0.1, -0.05) is 18.2 Å². The molecular formula is C19H25N5O2. The van der Waals surface area contributed by atoms with Gasteiger partial charge in [0.2, 0.25) is 0 Å². The maximum atomic E-state index is 10.8. The molecule has 4 N–H and O–H groups in total. The Morgan fingerprint density at radius 1 is 1.23 bits per heavy atom. The number of nitrogens with two attached hydrogens (primary N) is 1. The number of pyridine rings is 1. The van der Waals surface area contributed by atoms with E-state index < -0.39 is 5.91 Å². The summed E-state index contributed by atoms with van der Waals surface area (Å²) in [6, 6.07) is 13.3. The average molecular weight is 355 g/mol. The zero-order valence-electron chi connectivity index (χ0n) is 14.9. The molecule has 0 fully saturated rings. The van der Waals surface area contributed by atoms with E-state index in [2.05, 4.69) is 20.6 Å². The highest BCUT2D eigenvalue weighted by Crippen LogP contribution is 2.13. The summed E-state index contributed by atoms with van der Waals surface area (Å²) >= 11 is 0. The van der Waals surface area contributed by atoms with Crippen molar-refractivity contribution in [1.29, 1.82) is 0 Å². The molecule has 7 nitrogen and oxygen atoms in total. The topological polar surface area (TPSA) is 102 Å². The van der Waals surface area contributed by atoms with Crippen molar-refractivity contribution >= 4 is 11.9 Å². The quantitative estimate of drug-likeness (QED) is 0.464. The van der Waals surface area contributed by atoms with Crippen LogP contribution in [0.5, 0.6) is 5.75 Å². The maximum Gasteiger partial charge on any atom is 0.255 e. The van der Waals surface area contributed by atoms with Crippen LogP contribution in [0.2, 0.25) is 0 Å². The predicted octanol–water partition coefficient (Wildman–Crippen LogP) is 1.24. The van der Waals surface area contributed by atoms with Gasteiger partial charge in [0.05, 0.1) is 6.54 Å². The number of guanidine groups is 1. The minimum absolute atomic E-state index is 0.134. The molecule has 0 saturated carbocycles. The minimum atomic E-state index is -0.500. The lowest BCUT2D eigenvalue weighted by Gasteiger charge is -2.11. The Morgan fingerprint density at radius 3 is 2.85 bits per heavy atom. The van der Waals surface area contributed by atoms with E-state index in [0.29, 0.717) is 12.3 Å². The fourth-order valence-electron chi connectivity index (χ4n) is 2.26. The number of aliphatic imine (C=N–C) groups is 1. The summed E-state index contributed by atoms with van der Waals surface area (Å²) in [5, 5.41) is 6.52. The molecule has 26 heavy (non-hydrogen) atoms. The summed E-state index contributed by atoms with van der Waals surface area (Å²) in [4.78, 5) is 19.7. The third-order valence-corrected chi connectivity index (χ3v) is 3.44. The second kappa shape index (κ2) is 10.7. The number of nitrogens with zero attached hydrogens (tertiary/aromatic N) is 2. The lowest BCUT2D eigenvalue weighted by molar-refractivity contribution is -0.119. The molecule has 2 rings (SSSR count). The van der Waals surface area contributed by atoms with Gasteiger partial charge in [-0.25, -0.2) is 4.99 Å². The van der Waals surface area contributed by atoms with Crippen molar-refractivity contribution in [3.63, 3.8) is 0 Å². The molecule has 2 aromatic rings. The van der Waals surface area contributed by atoms with E-state index in [0.717, 1.165) is 36.7 Å². The minimum Gasteiger partial charge on any atom is -0.484 e. The van der Waals surface area contributed by atoms with Crippen molar-refractivity contribution in [2.75, 3.05) is 19.7 Å². The fraction of sp³-hybridized carbons (Fsp3) is 0.316. The summed E-state index contributed by atoms with van der Waals surface area (Å²) in [5.74, 6) is 0.844. The van der Waals surface area contributed by atoms with E-state index in [1.54, 1.807) is 12.3 Å². The van der Waals surface area contributed by atoms with Crippen LogP contribution in [0.3, 0.4) is 0 Å². The zero-order chi connectivity index (χ0) is 18.6. The van der Waals surface area contributed by atoms with Gasteiger partial charge in [-0.3, -0.25) is 9.78 Å². The van der Waals surface area contributed by atoms with Crippen molar-refractivity contribution in [3.8, 4) is 5.75 Å². The largest absolute Gasteiger partial charge is 0.484 e. The van der Waals surface area contributed by atoms with E-state index in [4.69, 9.17) is 10.5 Å². The molecule has 138 valence electrons. The Bertz CT molecular complexity index is 719. The first-order valence-corrected chi connectivity index (χ1v) is 8.59. The summed E-state index contributed by atoms with van der Waals surface area (Å²) in [6.45, 7) is 3.90. The van der Waals surface area contributed by atoms with E-state index in [1.165, 1.54) is 0 Å². The first kappa shape index (κ1) is 19.2. The van der Waals surface area contributed by atoms with Crippen molar-refractivity contribution in [3.05, 3.63) is 59.9 Å². The highest BCUT2D eigenvalue weighted by atomic mass is 16.5. The molecule has 0 unspecified atom stereocenters. The summed E-state index contributed by atoms with van der Waals surface area (Å²) in [7, 11) is 0. The summed E-state index contributed by atoms with van der Waals surface area (Å²) in [5.41, 5.74) is 7.11. The van der Waals surface area contributed by atoms with Crippen molar-refractivity contribution in [1.82, 2.24) is 15.6 Å². The van der Waals surface area contributed by atoms with Gasteiger partial charge in [0.15, 0.2) is 12.6 Å². The predicted molar refractivity (Wildman–Crippen MR) is 102 cm³/mol. The van der Waals surface area contributed by atoms with E-state index in [1.807, 2.05) is 43.3 Å². The van der Waals surface area contributed by atoms with Gasteiger partial charge in [-0.15, -0.1) is 0 Å². The summed E-state index contributed by atoms with van der Waals surface area (Å²) < 4.78 is 5.32. The van der Waals surface area contributed by atoms with Gasteiger partial charge >= 0.3 is 0 Å². The third-order valence-electron chi connectivity index (χ3n) is 3.44. The molecule has 0 bridgehead atoms. The molecule has 0 atom stereocenters. The molecule has 0 saturated heterocycles. The lowest BCUT2D eigenvalue weighted by atomic mass is 10.2. The number of carbonyl (C=O) groups is 1. The average Bonchev–Trinajstić information content (AvgIpc) is 2.65. The van der Waals surface area contributed by atoms with Crippen LogP contribution in [0.15, 0.2) is 53.7 Å². The number of hydrogen-bond acceptors (Lipinski definition) is 4. The Morgan fingerprint density at radius 2 is 2.12 bits per heavy atom. The number of carbonyl (C=O) groups excluding carboxylic acids is 1. The molecule has 0 radical (unpaired) electrons. The molecular weight excluding hydrogens is 330 g/mol. The summed E-state index contributed by atoms with van der Waals surface area (Å²) in [6.07, 6.45) is 2.61. The highest BCUT2D eigenvalue weighted by molar-refractivity contribution is 5.79. The van der Waals surface area contributed by atoms with Crippen LogP contribution in [0.1, 0.15) is 18.2 Å². The molecule has 0 aliphatic heterocycles. The Hall–Kier alpha value is -3.09. The molecule has 1 amide bonds. The second-order valence-electron chi connectivity index (χ2n) is 5.60. The zero-order valence-corrected chi connectivity index (χ0v) is 14.9. The number of benzene rings is 1. The van der Waals surface area contributed by atoms with Crippen molar-refractivity contribution in [2.45, 2.75) is 19.9 Å². The van der Waals surface area contributed by atoms with Crippen molar-refractivity contribution in [2.24, 2.45) is 10.7 Å². The highest BCUT2D eigenvalue weighted by Gasteiger charge is 2.01. The second-order valence-corrected chi connectivity index (χ2v) is 5.60. The molecule has 1 aromatic heterocycles. The molecule has 7 heteroatoms. The monoisotopic (exact) mass is 355 g/mol. The number of amides is 1. The van der Waals surface area contributed by atoms with E-state index in [-0.39, 0.29) is 6.61 Å². The number of hydrogen-bond donors (Lipinski definition) is 3. The van der Waals surface area contributed by atoms with E-state index in [9.17, 15) is 4.79 Å². The van der Waals surface area contributed by atoms with E-state index >= 15 is 0 Å². The van der Waals surface area contributed by atoms with Crippen LogP contribution in [-0.4, -0.2) is 36.5 Å². The standard InChI is InChI=1S/C19H25N5O2/c1-2-21-19(23-11-9-16-7-3-4-10-22-16)24-13-15-6-5-8-17(12-15)26-14-18(20)25/h3-8,10,12H,2,9,11,13-14H2,1H3,(H2,20,25)(H2,21,23,24). The van der Waals surface area contributed by atoms with Crippen molar-refractivity contribution < 1.29 is 9.53 Å². The van der Waals surface area contributed by atoms with Gasteiger partial charge in [0.1, 0.15) is 5.75 Å². The molecule has 0 aliphatic carbocycles. The Kier molecular flexibility index (Phi) is 7.92. The van der Waals surface area contributed by atoms with Crippen LogP contribution in [0.4, 0.5) is 0 Å². The van der Waals surface area contributed by atoms with Crippen LogP contribution < -0.4 is 21.1 Å². The lowest BCUT2D eigenvalue weighted by Crippen LogP contribution is -2.38. The van der Waals surface area contributed by atoms with Gasteiger partial charge in [0.25, 0.3) is 5.91 Å². The van der Waals surface area contributed by atoms with Gasteiger partial charge in [-0.2, -0.15) is 0 Å². The van der Waals surface area contributed by atoms with Crippen LogP contribution >= 0.6 is 0 Å². The van der Waals surface area contributed by atoms with Gasteiger partial charge < -0.3 is 21.1 Å². The molecule has 0 spiro atoms. The Labute approximate surface area is 153 Å². The van der Waals surface area contributed by atoms with Gasteiger partial charge in [0, 0.05) is 31.4 Å². The number of aromatic nitrogens is 1. The number of primary amides is 1. The number of nitrogens with one attached hydrogen (secondary N) is 2. The maximum absolute atomic E-state index is 10.8. The third kappa shape index (κ3) is 7.21. The SMILES string of the molecule is CCNC(=NCc1cccc(OCC(N)=O)c1)NCCc1ccccn1. The first-order chi connectivity index (χ1) is 12.7. The smallest absolute Gasteiger partial charge is 0.255 e. The molecule has 1 heterocycles. The molecule has 0 aliphatic rings. The first-order valence-electron chi connectivity index (χ1n) is 8.59. The fourth-order valence-corrected chi connectivity index (χ4v) is 2.26. The van der Waals surface area contributed by atoms with Crippen LogP contribution in [0, 0.1) is 0 Å². The Balaban J connectivity index is 1.89. The van der Waals surface area contributed by atoms with Gasteiger partial charge in [-0.05, 0) is 36.8 Å². The number of rotatable bonds is 9. The molecule has 1 aromatic carbocycles. The van der Waals surface area contributed by atoms with Crippen LogP contribution in [0.25, 0.3) is 0 Å². The van der Waals surface area contributed by atoms with Crippen LogP contribution in [-0.2, 0) is 17.8 Å². The number of ether oxygens (including phenoxy) is 1. The normalized spacial score (nSPS) is 11.0.